The van der Waals surface area contributed by atoms with E-state index in [4.69, 9.17) is 0 Å². The summed E-state index contributed by atoms with van der Waals surface area (Å²) in [5.74, 6) is 0.918. The van der Waals surface area contributed by atoms with E-state index in [9.17, 15) is 0 Å². The third-order valence-corrected chi connectivity index (χ3v) is 2.52. The summed E-state index contributed by atoms with van der Waals surface area (Å²) >= 11 is 0. The molecule has 4 nitrogen and oxygen atoms in total. The molecule has 0 unspecified atom stereocenters. The van der Waals surface area contributed by atoms with Crippen LogP contribution in [0.15, 0.2) is 12.4 Å². The molecular weight excluding hydrogens is 176 g/mol. The van der Waals surface area contributed by atoms with Crippen LogP contribution in [0.4, 0.5) is 5.82 Å². The van der Waals surface area contributed by atoms with Crippen LogP contribution in [0, 0.1) is 6.92 Å². The van der Waals surface area contributed by atoms with E-state index in [0.717, 1.165) is 24.6 Å². The maximum Gasteiger partial charge on any atom is 0.147 e. The lowest BCUT2D eigenvalue weighted by Gasteiger charge is -2.24. The molecule has 1 aromatic rings. The highest BCUT2D eigenvalue weighted by Gasteiger charge is 2.13. The molecule has 0 aromatic carbocycles. The molecule has 4 heteroatoms. The first-order valence-electron chi connectivity index (χ1n) is 5.11. The van der Waals surface area contributed by atoms with E-state index in [1.165, 1.54) is 12.8 Å². The number of nitrogens with one attached hydrogen (secondary N) is 2. The molecule has 1 aliphatic heterocycles. The summed E-state index contributed by atoms with van der Waals surface area (Å²) in [6, 6.07) is 0.499. The standard InChI is InChI=1S/C10H16N4/c1-8-10(13-6-5-12-8)14-9-3-2-4-11-7-9/h5-6,9,11H,2-4,7H2,1H3,(H,13,14)/t9-/m0/s1. The molecule has 1 aliphatic rings. The van der Waals surface area contributed by atoms with Gasteiger partial charge in [0.1, 0.15) is 5.82 Å². The van der Waals surface area contributed by atoms with E-state index in [0.29, 0.717) is 6.04 Å². The Morgan fingerprint density at radius 2 is 2.29 bits per heavy atom. The Bertz CT molecular complexity index is 294. The molecule has 0 spiro atoms. The van der Waals surface area contributed by atoms with Crippen molar-refractivity contribution < 1.29 is 0 Å². The second-order valence-electron chi connectivity index (χ2n) is 3.68. The van der Waals surface area contributed by atoms with E-state index >= 15 is 0 Å². The molecule has 0 bridgehead atoms. The number of aromatic nitrogens is 2. The number of piperidine rings is 1. The maximum absolute atomic E-state index is 4.27. The lowest BCUT2D eigenvalue weighted by atomic mass is 10.1. The second kappa shape index (κ2) is 4.37. The molecule has 1 saturated heterocycles. The Hall–Kier alpha value is -1.16. The Kier molecular flexibility index (Phi) is 2.93. The second-order valence-corrected chi connectivity index (χ2v) is 3.68. The van der Waals surface area contributed by atoms with E-state index < -0.39 is 0 Å². The van der Waals surface area contributed by atoms with E-state index in [1.807, 2.05) is 6.92 Å². The zero-order valence-electron chi connectivity index (χ0n) is 8.45. The minimum absolute atomic E-state index is 0.499. The predicted molar refractivity (Wildman–Crippen MR) is 56.3 cm³/mol. The molecular formula is C10H16N4. The van der Waals surface area contributed by atoms with Gasteiger partial charge >= 0.3 is 0 Å². The van der Waals surface area contributed by atoms with Crippen LogP contribution >= 0.6 is 0 Å². The van der Waals surface area contributed by atoms with Gasteiger partial charge in [0.2, 0.25) is 0 Å². The van der Waals surface area contributed by atoms with E-state index in [-0.39, 0.29) is 0 Å². The maximum atomic E-state index is 4.27. The minimum atomic E-state index is 0.499. The average Bonchev–Trinajstić information content (AvgIpc) is 2.23. The van der Waals surface area contributed by atoms with Crippen LogP contribution in [-0.2, 0) is 0 Å². The quantitative estimate of drug-likeness (QED) is 0.732. The first-order chi connectivity index (χ1) is 6.86. The Balaban J connectivity index is 1.99. The van der Waals surface area contributed by atoms with Crippen LogP contribution in [0.1, 0.15) is 18.5 Å². The fourth-order valence-electron chi connectivity index (χ4n) is 1.72. The summed E-state index contributed by atoms with van der Waals surface area (Å²) < 4.78 is 0. The molecule has 0 aliphatic carbocycles. The fourth-order valence-corrected chi connectivity index (χ4v) is 1.72. The summed E-state index contributed by atoms with van der Waals surface area (Å²) in [5.41, 5.74) is 0.970. The van der Waals surface area contributed by atoms with Crippen LogP contribution < -0.4 is 10.6 Å². The molecule has 2 N–H and O–H groups in total. The highest BCUT2D eigenvalue weighted by molar-refractivity contribution is 5.39. The number of hydrogen-bond donors (Lipinski definition) is 2. The van der Waals surface area contributed by atoms with Gasteiger partial charge in [-0.05, 0) is 26.3 Å². The Labute approximate surface area is 84.2 Å². The highest BCUT2D eigenvalue weighted by Crippen LogP contribution is 2.11. The molecule has 0 saturated carbocycles. The van der Waals surface area contributed by atoms with Gasteiger partial charge in [-0.1, -0.05) is 0 Å². The van der Waals surface area contributed by atoms with Crippen molar-refractivity contribution >= 4 is 5.82 Å². The number of anilines is 1. The van der Waals surface area contributed by atoms with Crippen molar-refractivity contribution in [1.29, 1.82) is 0 Å². The van der Waals surface area contributed by atoms with Crippen LogP contribution in [0.5, 0.6) is 0 Å². The lowest BCUT2D eigenvalue weighted by molar-refractivity contribution is 0.478. The van der Waals surface area contributed by atoms with Gasteiger partial charge in [-0.3, -0.25) is 4.98 Å². The minimum Gasteiger partial charge on any atom is -0.365 e. The molecule has 2 rings (SSSR count). The van der Waals surface area contributed by atoms with Crippen molar-refractivity contribution in [3.63, 3.8) is 0 Å². The van der Waals surface area contributed by atoms with Crippen molar-refractivity contribution in [3.8, 4) is 0 Å². The Morgan fingerprint density at radius 3 is 3.00 bits per heavy atom. The van der Waals surface area contributed by atoms with Crippen LogP contribution in [0.2, 0.25) is 0 Å². The summed E-state index contributed by atoms with van der Waals surface area (Å²) in [4.78, 5) is 8.47. The third kappa shape index (κ3) is 2.20. The van der Waals surface area contributed by atoms with Crippen LogP contribution in [-0.4, -0.2) is 29.1 Å². The summed E-state index contributed by atoms with van der Waals surface area (Å²) in [6.45, 7) is 4.14. The van der Waals surface area contributed by atoms with Crippen molar-refractivity contribution in [1.82, 2.24) is 15.3 Å². The Morgan fingerprint density at radius 1 is 1.43 bits per heavy atom. The van der Waals surface area contributed by atoms with Gasteiger partial charge in [-0.2, -0.15) is 0 Å². The molecule has 1 fully saturated rings. The number of rotatable bonds is 2. The molecule has 1 aromatic heterocycles. The van der Waals surface area contributed by atoms with E-state index in [1.54, 1.807) is 12.4 Å². The van der Waals surface area contributed by atoms with Crippen molar-refractivity contribution in [2.24, 2.45) is 0 Å². The third-order valence-electron chi connectivity index (χ3n) is 2.52. The van der Waals surface area contributed by atoms with Crippen molar-refractivity contribution in [2.75, 3.05) is 18.4 Å². The molecule has 76 valence electrons. The van der Waals surface area contributed by atoms with Gasteiger partial charge in [-0.25, -0.2) is 4.98 Å². The summed E-state index contributed by atoms with van der Waals surface area (Å²) in [6.07, 6.45) is 5.89. The van der Waals surface area contributed by atoms with Crippen LogP contribution in [0.3, 0.4) is 0 Å². The van der Waals surface area contributed by atoms with Gasteiger partial charge in [-0.15, -0.1) is 0 Å². The molecule has 0 radical (unpaired) electrons. The largest absolute Gasteiger partial charge is 0.365 e. The van der Waals surface area contributed by atoms with Crippen LogP contribution in [0.25, 0.3) is 0 Å². The predicted octanol–water partition coefficient (Wildman–Crippen LogP) is 0.949. The van der Waals surface area contributed by atoms with Crippen molar-refractivity contribution in [2.45, 2.75) is 25.8 Å². The monoisotopic (exact) mass is 192 g/mol. The van der Waals surface area contributed by atoms with Gasteiger partial charge in [0, 0.05) is 25.0 Å². The topological polar surface area (TPSA) is 49.8 Å². The zero-order chi connectivity index (χ0) is 9.80. The van der Waals surface area contributed by atoms with E-state index in [2.05, 4.69) is 20.6 Å². The highest BCUT2D eigenvalue weighted by atomic mass is 15.1. The van der Waals surface area contributed by atoms with Gasteiger partial charge in [0.05, 0.1) is 5.69 Å². The summed E-state index contributed by atoms with van der Waals surface area (Å²) in [5, 5.41) is 6.78. The van der Waals surface area contributed by atoms with Crippen molar-refractivity contribution in [3.05, 3.63) is 18.1 Å². The molecule has 0 amide bonds. The molecule has 14 heavy (non-hydrogen) atoms. The fraction of sp³-hybridized carbons (Fsp3) is 0.600. The van der Waals surface area contributed by atoms with Gasteiger partial charge in [0.25, 0.3) is 0 Å². The first-order valence-corrected chi connectivity index (χ1v) is 5.11. The zero-order valence-corrected chi connectivity index (χ0v) is 8.45. The number of aryl methyl sites for hydroxylation is 1. The lowest BCUT2D eigenvalue weighted by Crippen LogP contribution is -2.38. The summed E-state index contributed by atoms with van der Waals surface area (Å²) in [7, 11) is 0. The average molecular weight is 192 g/mol. The SMILES string of the molecule is Cc1nccnc1N[C@H]1CCCNC1. The smallest absolute Gasteiger partial charge is 0.147 e. The van der Waals surface area contributed by atoms with Gasteiger partial charge in [0.15, 0.2) is 0 Å². The normalized spacial score (nSPS) is 21.9. The van der Waals surface area contributed by atoms with Gasteiger partial charge < -0.3 is 10.6 Å². The number of hydrogen-bond acceptors (Lipinski definition) is 4. The first kappa shape index (κ1) is 9.40. The number of nitrogens with zero attached hydrogens (tertiary/aromatic N) is 2. The molecule has 1 atom stereocenters. The molecule has 2 heterocycles.